The van der Waals surface area contributed by atoms with Crippen molar-refractivity contribution in [2.75, 3.05) is 11.9 Å². The van der Waals surface area contributed by atoms with Crippen LogP contribution >= 0.6 is 35.3 Å². The van der Waals surface area contributed by atoms with E-state index >= 15 is 0 Å². The smallest absolute Gasteiger partial charge is 0.196 e. The molecule has 2 aromatic heterocycles. The molecule has 9 heteroatoms. The summed E-state index contributed by atoms with van der Waals surface area (Å²) in [5.41, 5.74) is 0.941. The fourth-order valence-electron chi connectivity index (χ4n) is 2.52. The summed E-state index contributed by atoms with van der Waals surface area (Å²) < 4.78 is 7.57. The summed E-state index contributed by atoms with van der Waals surface area (Å²) in [4.78, 5) is 6.00. The van der Waals surface area contributed by atoms with Crippen molar-refractivity contribution in [1.29, 1.82) is 0 Å². The van der Waals surface area contributed by atoms with E-state index in [0.29, 0.717) is 12.5 Å². The molecule has 7 nitrogen and oxygen atoms in total. The molecule has 0 aliphatic heterocycles. The summed E-state index contributed by atoms with van der Waals surface area (Å²) in [6, 6.07) is 12.1. The number of ether oxygens (including phenoxy) is 1. The number of nitrogens with zero attached hydrogens (tertiary/aromatic N) is 4. The molecule has 0 saturated carbocycles. The number of aliphatic imine (C=N–C) groups is 1. The largest absolute Gasteiger partial charge is 0.491 e. The van der Waals surface area contributed by atoms with Crippen LogP contribution in [-0.2, 0) is 20.0 Å². The number of anilines is 1. The lowest BCUT2D eigenvalue weighted by Crippen LogP contribution is -2.32. The number of aryl methyl sites for hydroxylation is 1. The third-order valence-corrected chi connectivity index (χ3v) is 4.85. The van der Waals surface area contributed by atoms with Gasteiger partial charge in [-0.1, -0.05) is 6.07 Å². The van der Waals surface area contributed by atoms with E-state index < -0.39 is 0 Å². The van der Waals surface area contributed by atoms with E-state index in [4.69, 9.17) is 4.74 Å². The second-order valence-electron chi connectivity index (χ2n) is 6.60. The number of benzene rings is 1. The number of guanidine groups is 1. The van der Waals surface area contributed by atoms with Gasteiger partial charge in [-0.05, 0) is 56.0 Å². The van der Waals surface area contributed by atoms with Crippen LogP contribution in [0.15, 0.2) is 53.1 Å². The molecule has 3 rings (SSSR count). The lowest BCUT2D eigenvalue weighted by atomic mass is 10.3. The van der Waals surface area contributed by atoms with Crippen molar-refractivity contribution in [2.45, 2.75) is 32.9 Å². The van der Waals surface area contributed by atoms with Crippen LogP contribution < -0.4 is 15.4 Å². The Morgan fingerprint density at radius 1 is 1.24 bits per heavy atom. The first kappa shape index (κ1) is 23.1. The van der Waals surface area contributed by atoms with Gasteiger partial charge in [0, 0.05) is 24.2 Å². The van der Waals surface area contributed by atoms with Crippen LogP contribution in [-0.4, -0.2) is 33.4 Å². The lowest BCUT2D eigenvalue weighted by molar-refractivity contribution is 0.242. The second-order valence-corrected chi connectivity index (χ2v) is 7.63. The Kier molecular flexibility index (Phi) is 9.39. The highest BCUT2D eigenvalue weighted by Gasteiger charge is 2.05. The maximum absolute atomic E-state index is 5.70. The Labute approximate surface area is 192 Å². The van der Waals surface area contributed by atoms with Gasteiger partial charge in [0.2, 0.25) is 0 Å². The van der Waals surface area contributed by atoms with Gasteiger partial charge in [0.25, 0.3) is 0 Å². The summed E-state index contributed by atoms with van der Waals surface area (Å²) in [7, 11) is 1.91. The highest BCUT2D eigenvalue weighted by Crippen LogP contribution is 2.17. The lowest BCUT2D eigenvalue weighted by Gasteiger charge is -2.14. The molecular formula is C20H27IN6OS. The van der Waals surface area contributed by atoms with Gasteiger partial charge in [0.05, 0.1) is 6.10 Å². The number of rotatable bonds is 8. The average molecular weight is 526 g/mol. The molecule has 0 atom stereocenters. The van der Waals surface area contributed by atoms with Crippen molar-refractivity contribution >= 4 is 47.0 Å². The molecule has 29 heavy (non-hydrogen) atoms. The SMILES string of the molecule is CC(C)Oc1ccc(NC(=NCc2nncn2C)NCCc2cccs2)cc1.I. The third kappa shape index (κ3) is 7.65. The van der Waals surface area contributed by atoms with Crippen LogP contribution in [0, 0.1) is 0 Å². The molecule has 0 aliphatic carbocycles. The first-order valence-corrected chi connectivity index (χ1v) is 10.2. The fraction of sp³-hybridized carbons (Fsp3) is 0.350. The zero-order valence-electron chi connectivity index (χ0n) is 16.8. The first-order chi connectivity index (χ1) is 13.6. The average Bonchev–Trinajstić information content (AvgIpc) is 3.32. The Morgan fingerprint density at radius 3 is 2.66 bits per heavy atom. The van der Waals surface area contributed by atoms with Crippen molar-refractivity contribution < 1.29 is 4.74 Å². The summed E-state index contributed by atoms with van der Waals surface area (Å²) >= 11 is 1.76. The molecule has 1 aromatic carbocycles. The van der Waals surface area contributed by atoms with Gasteiger partial charge in [-0.2, -0.15) is 0 Å². The second kappa shape index (κ2) is 11.8. The number of aromatic nitrogens is 3. The van der Waals surface area contributed by atoms with Gasteiger partial charge < -0.3 is 19.9 Å². The molecule has 0 spiro atoms. The van der Waals surface area contributed by atoms with E-state index in [2.05, 4.69) is 43.3 Å². The van der Waals surface area contributed by atoms with Gasteiger partial charge >= 0.3 is 0 Å². The highest BCUT2D eigenvalue weighted by atomic mass is 127. The van der Waals surface area contributed by atoms with E-state index in [1.54, 1.807) is 17.7 Å². The number of hydrogen-bond acceptors (Lipinski definition) is 5. The zero-order valence-corrected chi connectivity index (χ0v) is 20.0. The van der Waals surface area contributed by atoms with E-state index in [9.17, 15) is 0 Å². The Morgan fingerprint density at radius 2 is 2.03 bits per heavy atom. The van der Waals surface area contributed by atoms with Crippen molar-refractivity contribution in [1.82, 2.24) is 20.1 Å². The molecule has 3 aromatic rings. The summed E-state index contributed by atoms with van der Waals surface area (Å²) in [6.07, 6.45) is 2.78. The zero-order chi connectivity index (χ0) is 19.8. The molecule has 0 saturated heterocycles. The quantitative estimate of drug-likeness (QED) is 0.263. The van der Waals surface area contributed by atoms with Crippen molar-refractivity contribution in [3.8, 4) is 5.75 Å². The molecule has 0 aliphatic rings. The normalized spacial score (nSPS) is 11.2. The summed E-state index contributed by atoms with van der Waals surface area (Å²) in [6.45, 7) is 5.26. The third-order valence-electron chi connectivity index (χ3n) is 3.92. The molecular weight excluding hydrogens is 499 g/mol. The minimum atomic E-state index is 0. The monoisotopic (exact) mass is 526 g/mol. The molecule has 156 valence electrons. The highest BCUT2D eigenvalue weighted by molar-refractivity contribution is 14.0. The standard InChI is InChI=1S/C20H26N6OS.HI/c1-15(2)27-17-8-6-16(7-9-17)24-20(21-11-10-18-5-4-12-28-18)22-13-19-25-23-14-26(19)3;/h4-9,12,14-15H,10-11,13H2,1-3H3,(H2,21,22,24);1H. The van der Waals surface area contributed by atoms with Crippen LogP contribution in [0.1, 0.15) is 24.5 Å². The van der Waals surface area contributed by atoms with Gasteiger partial charge in [0.1, 0.15) is 18.6 Å². The minimum Gasteiger partial charge on any atom is -0.491 e. The number of halogens is 1. The number of thiophene rings is 1. The maximum Gasteiger partial charge on any atom is 0.196 e. The van der Waals surface area contributed by atoms with E-state index in [1.807, 2.05) is 49.7 Å². The van der Waals surface area contributed by atoms with Gasteiger partial charge in [-0.3, -0.25) is 0 Å². The first-order valence-electron chi connectivity index (χ1n) is 9.27. The number of hydrogen-bond donors (Lipinski definition) is 2. The van der Waals surface area contributed by atoms with E-state index in [1.165, 1.54) is 4.88 Å². The Hall–Kier alpha value is -2.14. The molecule has 0 radical (unpaired) electrons. The summed E-state index contributed by atoms with van der Waals surface area (Å²) in [5.74, 6) is 2.36. The van der Waals surface area contributed by atoms with Crippen molar-refractivity contribution in [2.24, 2.45) is 12.0 Å². The van der Waals surface area contributed by atoms with Gasteiger partial charge in [0.15, 0.2) is 11.8 Å². The van der Waals surface area contributed by atoms with Crippen LogP contribution in [0.4, 0.5) is 5.69 Å². The molecule has 0 amide bonds. The Bertz CT molecular complexity index is 877. The van der Waals surface area contributed by atoms with Crippen LogP contribution in [0.5, 0.6) is 5.75 Å². The van der Waals surface area contributed by atoms with Crippen LogP contribution in [0.25, 0.3) is 0 Å². The predicted octanol–water partition coefficient (Wildman–Crippen LogP) is 4.08. The molecule has 0 fully saturated rings. The minimum absolute atomic E-state index is 0. The fourth-order valence-corrected chi connectivity index (χ4v) is 3.23. The number of nitrogens with one attached hydrogen (secondary N) is 2. The van der Waals surface area contributed by atoms with Crippen molar-refractivity contribution in [3.63, 3.8) is 0 Å². The molecule has 0 unspecified atom stereocenters. The van der Waals surface area contributed by atoms with Crippen LogP contribution in [0.3, 0.4) is 0 Å². The van der Waals surface area contributed by atoms with Gasteiger partial charge in [-0.25, -0.2) is 4.99 Å². The van der Waals surface area contributed by atoms with Crippen molar-refractivity contribution in [3.05, 3.63) is 58.8 Å². The molecule has 2 heterocycles. The van der Waals surface area contributed by atoms with Crippen LogP contribution in [0.2, 0.25) is 0 Å². The topological polar surface area (TPSA) is 76.4 Å². The van der Waals surface area contributed by atoms with E-state index in [-0.39, 0.29) is 30.1 Å². The molecule has 2 N–H and O–H groups in total. The van der Waals surface area contributed by atoms with E-state index in [0.717, 1.165) is 30.2 Å². The summed E-state index contributed by atoms with van der Waals surface area (Å²) in [5, 5.41) is 16.8. The van der Waals surface area contributed by atoms with Gasteiger partial charge in [-0.15, -0.1) is 45.5 Å². The maximum atomic E-state index is 5.70. The Balaban J connectivity index is 0.00000300. The molecule has 0 bridgehead atoms. The predicted molar refractivity (Wildman–Crippen MR) is 129 cm³/mol.